The van der Waals surface area contributed by atoms with Gasteiger partial charge in [-0.05, 0) is 18.1 Å². The number of para-hydroxylation sites is 1. The number of halogens is 1. The third-order valence-corrected chi connectivity index (χ3v) is 3.91. The quantitative estimate of drug-likeness (QED) is 0.323. The van der Waals surface area contributed by atoms with Gasteiger partial charge in [0, 0.05) is 32.4 Å². The number of amides is 3. The number of fused-ring (bicyclic) bond motifs is 1. The molecular weight excluding hydrogens is 409 g/mol. The highest BCUT2D eigenvalue weighted by Crippen LogP contribution is 2.27. The maximum atomic E-state index is 11.5. The van der Waals surface area contributed by atoms with E-state index >= 15 is 0 Å². The Bertz CT molecular complexity index is 618. The molecule has 2 aliphatic heterocycles. The first-order valence-electron chi connectivity index (χ1n) is 7.35. The van der Waals surface area contributed by atoms with Crippen LogP contribution in [0.15, 0.2) is 29.3 Å². The van der Waals surface area contributed by atoms with Gasteiger partial charge >= 0.3 is 6.03 Å². The minimum Gasteiger partial charge on any atom is -0.354 e. The molecule has 3 amide bonds. The smallest absolute Gasteiger partial charge is 0.324 e. The number of carbonyl (C=O) groups excluding carboxylic acids is 2. The van der Waals surface area contributed by atoms with E-state index in [0.717, 1.165) is 24.6 Å². The first-order valence-corrected chi connectivity index (χ1v) is 7.35. The van der Waals surface area contributed by atoms with Gasteiger partial charge in [0.2, 0.25) is 5.91 Å². The summed E-state index contributed by atoms with van der Waals surface area (Å²) >= 11 is 0. The van der Waals surface area contributed by atoms with Crippen molar-refractivity contribution in [3.63, 3.8) is 0 Å². The largest absolute Gasteiger partial charge is 0.354 e. The van der Waals surface area contributed by atoms with Crippen molar-refractivity contribution in [3.05, 3.63) is 29.8 Å². The molecule has 124 valence electrons. The zero-order valence-electron chi connectivity index (χ0n) is 12.9. The Balaban J connectivity index is 0.00000192. The van der Waals surface area contributed by atoms with Gasteiger partial charge in [-0.25, -0.2) is 4.79 Å². The van der Waals surface area contributed by atoms with E-state index in [2.05, 4.69) is 32.7 Å². The molecule has 7 nitrogen and oxygen atoms in total. The Kier molecular flexibility index (Phi) is 5.80. The van der Waals surface area contributed by atoms with Crippen LogP contribution in [-0.2, 0) is 11.2 Å². The van der Waals surface area contributed by atoms with Crippen molar-refractivity contribution < 1.29 is 9.59 Å². The summed E-state index contributed by atoms with van der Waals surface area (Å²) in [5.74, 6) is 0.574. The molecule has 0 atom stereocenters. The van der Waals surface area contributed by atoms with E-state index in [0.29, 0.717) is 13.1 Å². The van der Waals surface area contributed by atoms with E-state index in [-0.39, 0.29) is 42.5 Å². The molecule has 2 N–H and O–H groups in total. The van der Waals surface area contributed by atoms with Crippen LogP contribution < -0.4 is 15.5 Å². The van der Waals surface area contributed by atoms with Crippen LogP contribution in [-0.4, -0.2) is 56.0 Å². The van der Waals surface area contributed by atoms with Crippen molar-refractivity contribution in [2.24, 2.45) is 4.99 Å². The summed E-state index contributed by atoms with van der Waals surface area (Å²) in [7, 11) is 1.73. The molecule has 0 unspecified atom stereocenters. The average Bonchev–Trinajstić information content (AvgIpc) is 3.09. The Morgan fingerprint density at radius 1 is 1.35 bits per heavy atom. The van der Waals surface area contributed by atoms with Crippen molar-refractivity contribution >= 4 is 47.6 Å². The molecule has 2 aliphatic rings. The number of aliphatic imine (C=N–C) groups is 1. The molecular formula is C15H20IN5O2. The van der Waals surface area contributed by atoms with E-state index in [1.54, 1.807) is 7.05 Å². The molecule has 1 saturated heterocycles. The van der Waals surface area contributed by atoms with Crippen molar-refractivity contribution in [2.45, 2.75) is 6.42 Å². The number of carbonyl (C=O) groups is 2. The maximum Gasteiger partial charge on any atom is 0.324 e. The first-order chi connectivity index (χ1) is 10.7. The summed E-state index contributed by atoms with van der Waals surface area (Å²) in [6, 6.07) is 7.92. The van der Waals surface area contributed by atoms with E-state index in [1.165, 1.54) is 10.5 Å². The third-order valence-electron chi connectivity index (χ3n) is 3.91. The lowest BCUT2D eigenvalue weighted by molar-refractivity contribution is -0.124. The summed E-state index contributed by atoms with van der Waals surface area (Å²) in [5.41, 5.74) is 2.46. The highest BCUT2D eigenvalue weighted by Gasteiger charge is 2.28. The average molecular weight is 429 g/mol. The zero-order chi connectivity index (χ0) is 15.5. The van der Waals surface area contributed by atoms with Crippen molar-refractivity contribution in [2.75, 3.05) is 38.1 Å². The second-order valence-electron chi connectivity index (χ2n) is 5.21. The van der Waals surface area contributed by atoms with E-state index in [1.807, 2.05) is 12.1 Å². The topological polar surface area (TPSA) is 77.0 Å². The fourth-order valence-corrected chi connectivity index (χ4v) is 2.81. The fourth-order valence-electron chi connectivity index (χ4n) is 2.81. The molecule has 8 heteroatoms. The second-order valence-corrected chi connectivity index (χ2v) is 5.21. The van der Waals surface area contributed by atoms with Gasteiger partial charge < -0.3 is 15.5 Å². The van der Waals surface area contributed by atoms with Gasteiger partial charge in [-0.3, -0.25) is 14.7 Å². The minimum atomic E-state index is -0.326. The Labute approximate surface area is 152 Å². The first kappa shape index (κ1) is 17.5. The molecule has 2 heterocycles. The normalized spacial score (nSPS) is 17.0. The summed E-state index contributed by atoms with van der Waals surface area (Å²) < 4.78 is 0. The summed E-state index contributed by atoms with van der Waals surface area (Å²) in [6.07, 6.45) is 0.990. The summed E-state index contributed by atoms with van der Waals surface area (Å²) in [4.78, 5) is 30.6. The lowest BCUT2D eigenvalue weighted by Gasteiger charge is -2.23. The predicted octanol–water partition coefficient (Wildman–Crippen LogP) is 0.794. The van der Waals surface area contributed by atoms with Crippen LogP contribution >= 0.6 is 24.0 Å². The molecule has 1 aromatic carbocycles. The molecule has 0 aliphatic carbocycles. The maximum absolute atomic E-state index is 11.5. The van der Waals surface area contributed by atoms with Crippen molar-refractivity contribution in [3.8, 4) is 0 Å². The molecule has 0 aromatic heterocycles. The van der Waals surface area contributed by atoms with Gasteiger partial charge in [-0.1, -0.05) is 18.2 Å². The fraction of sp³-hybridized carbons (Fsp3) is 0.400. The molecule has 0 spiro atoms. The van der Waals surface area contributed by atoms with E-state index in [9.17, 15) is 9.59 Å². The number of anilines is 1. The lowest BCUT2D eigenvalue weighted by atomic mass is 10.2. The Morgan fingerprint density at radius 3 is 2.83 bits per heavy atom. The van der Waals surface area contributed by atoms with Crippen LogP contribution in [0.25, 0.3) is 0 Å². The molecule has 0 radical (unpaired) electrons. The number of hydrogen-bond donors (Lipinski definition) is 2. The van der Waals surface area contributed by atoms with Gasteiger partial charge in [0.1, 0.15) is 0 Å². The van der Waals surface area contributed by atoms with Crippen LogP contribution in [0.1, 0.15) is 5.56 Å². The SMILES string of the molecule is CN=C(NCCN1C(=O)CNC1=O)N1CCc2ccccc21.I. The summed E-state index contributed by atoms with van der Waals surface area (Å²) in [6.45, 7) is 1.78. The number of guanidine groups is 1. The predicted molar refractivity (Wildman–Crippen MR) is 99.4 cm³/mol. The summed E-state index contributed by atoms with van der Waals surface area (Å²) in [5, 5.41) is 5.73. The van der Waals surface area contributed by atoms with Gasteiger partial charge in [-0.2, -0.15) is 0 Å². The highest BCUT2D eigenvalue weighted by molar-refractivity contribution is 14.0. The molecule has 23 heavy (non-hydrogen) atoms. The number of rotatable bonds is 3. The van der Waals surface area contributed by atoms with Gasteiger partial charge in [0.25, 0.3) is 0 Å². The molecule has 0 saturated carbocycles. The van der Waals surface area contributed by atoms with Crippen LogP contribution in [0.2, 0.25) is 0 Å². The Morgan fingerprint density at radius 2 is 2.13 bits per heavy atom. The molecule has 3 rings (SSSR count). The van der Waals surface area contributed by atoms with E-state index < -0.39 is 0 Å². The van der Waals surface area contributed by atoms with Gasteiger partial charge in [0.15, 0.2) is 5.96 Å². The Hall–Kier alpha value is -1.84. The number of hydrogen-bond acceptors (Lipinski definition) is 3. The minimum absolute atomic E-state index is 0. The number of nitrogens with one attached hydrogen (secondary N) is 2. The van der Waals surface area contributed by atoms with Crippen LogP contribution in [0.4, 0.5) is 10.5 Å². The monoisotopic (exact) mass is 429 g/mol. The molecule has 0 bridgehead atoms. The molecule has 1 fully saturated rings. The zero-order valence-corrected chi connectivity index (χ0v) is 15.2. The highest BCUT2D eigenvalue weighted by atomic mass is 127. The van der Waals surface area contributed by atoms with Crippen molar-refractivity contribution in [1.82, 2.24) is 15.5 Å². The van der Waals surface area contributed by atoms with Crippen molar-refractivity contribution in [1.29, 1.82) is 0 Å². The second kappa shape index (κ2) is 7.62. The number of urea groups is 1. The van der Waals surface area contributed by atoms with Crippen LogP contribution in [0.5, 0.6) is 0 Å². The van der Waals surface area contributed by atoms with Gasteiger partial charge in [0.05, 0.1) is 6.54 Å². The van der Waals surface area contributed by atoms with Crippen LogP contribution in [0.3, 0.4) is 0 Å². The number of imide groups is 1. The van der Waals surface area contributed by atoms with Crippen LogP contribution in [0, 0.1) is 0 Å². The third kappa shape index (κ3) is 3.57. The number of benzene rings is 1. The number of nitrogens with zero attached hydrogens (tertiary/aromatic N) is 3. The lowest BCUT2D eigenvalue weighted by Crippen LogP contribution is -2.44. The standard InChI is InChI=1S/C15H19N5O2.HI/c1-16-14(17-7-9-20-13(21)10-18-15(20)22)19-8-6-11-4-2-3-5-12(11)19;/h2-5H,6-10H2,1H3,(H,16,17)(H,18,22);1H. The van der Waals surface area contributed by atoms with E-state index in [4.69, 9.17) is 0 Å². The van der Waals surface area contributed by atoms with Gasteiger partial charge in [-0.15, -0.1) is 24.0 Å². The molecule has 1 aromatic rings.